The van der Waals surface area contributed by atoms with Gasteiger partial charge in [0.1, 0.15) is 16.5 Å². The van der Waals surface area contributed by atoms with E-state index in [0.29, 0.717) is 0 Å². The van der Waals surface area contributed by atoms with Gasteiger partial charge in [0.15, 0.2) is 16.6 Å². The van der Waals surface area contributed by atoms with Gasteiger partial charge in [-0.05, 0) is 88.0 Å². The first-order valence-electron chi connectivity index (χ1n) is 11.4. The zero-order valence-electron chi connectivity index (χ0n) is 20.2. The second-order valence-electron chi connectivity index (χ2n) is 9.80. The molecular weight excluding hydrogens is 383 g/mol. The van der Waals surface area contributed by atoms with Gasteiger partial charge >= 0.3 is 0 Å². The molecule has 0 saturated heterocycles. The fourth-order valence-electron chi connectivity index (χ4n) is 5.17. The van der Waals surface area contributed by atoms with E-state index in [-0.39, 0.29) is 0 Å². The first kappa shape index (κ1) is 26.8. The lowest BCUT2D eigenvalue weighted by Gasteiger charge is -2.52. The van der Waals surface area contributed by atoms with Crippen molar-refractivity contribution in [1.29, 1.82) is 0 Å². The van der Waals surface area contributed by atoms with Gasteiger partial charge in [0.25, 0.3) is 0 Å². The van der Waals surface area contributed by atoms with E-state index in [1.54, 1.807) is 0 Å². The zero-order chi connectivity index (χ0) is 20.6. The van der Waals surface area contributed by atoms with Gasteiger partial charge in [-0.25, -0.2) is 0 Å². The summed E-state index contributed by atoms with van der Waals surface area (Å²) in [5.41, 5.74) is 0. The maximum atomic E-state index is 6.62. The van der Waals surface area contributed by atoms with Gasteiger partial charge in [-0.15, -0.1) is 0 Å². The molecule has 0 atom stereocenters. The highest BCUT2D eigenvalue weighted by Crippen LogP contribution is 2.36. The Hall–Kier alpha value is 0.788. The Bertz CT molecular complexity index is 351. The predicted molar refractivity (Wildman–Crippen MR) is 132 cm³/mol. The van der Waals surface area contributed by atoms with Crippen LogP contribution in [0, 0.1) is 0 Å². The molecule has 26 heavy (non-hydrogen) atoms. The maximum absolute atomic E-state index is 6.62. The first-order valence-corrected chi connectivity index (χ1v) is 23.0. The van der Waals surface area contributed by atoms with Crippen molar-refractivity contribution in [3.63, 3.8) is 0 Å². The average Bonchev–Trinajstić information content (AvgIpc) is 2.56. The summed E-state index contributed by atoms with van der Waals surface area (Å²) in [6.45, 7) is 28.2. The molecule has 0 aromatic carbocycles. The molecule has 0 aliphatic heterocycles. The third kappa shape index (κ3) is 7.32. The minimum Gasteiger partial charge on any atom is -0.456 e. The normalized spacial score (nSPS) is 14.3. The van der Waals surface area contributed by atoms with Crippen LogP contribution in [0.25, 0.3) is 0 Å². The van der Waals surface area contributed by atoms with E-state index in [0.717, 1.165) is 0 Å². The standard InChI is InChI=1S/C20H51NOSi4/c1-12-25(13-2,14-3)21(26(15-4,16-5)17-6)19-18-20-24(10,11)22-23(7,8)9/h12-20H2,1-11H3. The summed E-state index contributed by atoms with van der Waals surface area (Å²) >= 11 is 0. The predicted octanol–water partition coefficient (Wildman–Crippen LogP) is 7.75. The summed E-state index contributed by atoms with van der Waals surface area (Å²) in [7, 11) is -5.56. The number of nitrogens with zero attached hydrogens (tertiary/aromatic N) is 1. The van der Waals surface area contributed by atoms with Crippen LogP contribution < -0.4 is 0 Å². The van der Waals surface area contributed by atoms with E-state index in [4.69, 9.17) is 4.12 Å². The number of hydrogen-bond donors (Lipinski definition) is 0. The minimum atomic E-state index is -1.52. The van der Waals surface area contributed by atoms with Crippen LogP contribution in [0.2, 0.25) is 75.0 Å². The van der Waals surface area contributed by atoms with Crippen molar-refractivity contribution in [2.75, 3.05) is 6.54 Å². The summed E-state index contributed by atoms with van der Waals surface area (Å²) in [5.74, 6) is 0. The molecule has 0 N–H and O–H groups in total. The third-order valence-corrected chi connectivity index (χ3v) is 26.5. The van der Waals surface area contributed by atoms with Crippen molar-refractivity contribution in [3.05, 3.63) is 0 Å². The molecule has 0 aromatic heterocycles. The van der Waals surface area contributed by atoms with Crippen molar-refractivity contribution in [2.45, 2.75) is 123 Å². The molecule has 0 bridgehead atoms. The van der Waals surface area contributed by atoms with E-state index in [1.165, 1.54) is 55.3 Å². The van der Waals surface area contributed by atoms with E-state index in [2.05, 4.69) is 78.5 Å². The summed E-state index contributed by atoms with van der Waals surface area (Å²) in [5, 5.41) is 0. The Balaban J connectivity index is 5.45. The third-order valence-electron chi connectivity index (χ3n) is 6.84. The Morgan fingerprint density at radius 1 is 0.615 bits per heavy atom. The van der Waals surface area contributed by atoms with Crippen LogP contribution >= 0.6 is 0 Å². The Morgan fingerprint density at radius 3 is 1.23 bits per heavy atom. The van der Waals surface area contributed by atoms with Crippen molar-refractivity contribution in [1.82, 2.24) is 4.23 Å². The summed E-state index contributed by atoms with van der Waals surface area (Å²) < 4.78 is 9.85. The fraction of sp³-hybridized carbons (Fsp3) is 1.00. The monoisotopic (exact) mass is 433 g/mol. The largest absolute Gasteiger partial charge is 0.456 e. The highest BCUT2D eigenvalue weighted by molar-refractivity contribution is 6.92. The highest BCUT2D eigenvalue weighted by atomic mass is 28.4. The summed E-state index contributed by atoms with van der Waals surface area (Å²) in [6, 6.07) is 9.92. The van der Waals surface area contributed by atoms with Crippen LogP contribution in [0.15, 0.2) is 0 Å². The lowest BCUT2D eigenvalue weighted by Crippen LogP contribution is -2.66. The molecule has 158 valence electrons. The van der Waals surface area contributed by atoms with Gasteiger partial charge in [0, 0.05) is 0 Å². The van der Waals surface area contributed by atoms with Gasteiger partial charge in [-0.3, -0.25) is 0 Å². The Kier molecular flexibility index (Phi) is 11.4. The summed E-state index contributed by atoms with van der Waals surface area (Å²) in [4.78, 5) is 0. The van der Waals surface area contributed by atoms with E-state index < -0.39 is 33.1 Å². The Morgan fingerprint density at radius 2 is 0.962 bits per heavy atom. The van der Waals surface area contributed by atoms with E-state index in [9.17, 15) is 0 Å². The van der Waals surface area contributed by atoms with E-state index in [1.807, 2.05) is 0 Å². The van der Waals surface area contributed by atoms with E-state index >= 15 is 0 Å². The van der Waals surface area contributed by atoms with Crippen LogP contribution in [0.4, 0.5) is 0 Å². The van der Waals surface area contributed by atoms with Gasteiger partial charge in [-0.1, -0.05) is 41.5 Å². The summed E-state index contributed by atoms with van der Waals surface area (Å²) in [6.07, 6.45) is 1.35. The highest BCUT2D eigenvalue weighted by Gasteiger charge is 2.45. The first-order chi connectivity index (χ1) is 11.9. The average molecular weight is 434 g/mol. The molecule has 0 spiro atoms. The molecule has 0 amide bonds. The van der Waals surface area contributed by atoms with Crippen molar-refractivity contribution < 1.29 is 4.12 Å². The topological polar surface area (TPSA) is 12.5 Å². The van der Waals surface area contributed by atoms with Crippen LogP contribution in [-0.2, 0) is 4.12 Å². The van der Waals surface area contributed by atoms with Crippen molar-refractivity contribution >= 4 is 33.1 Å². The van der Waals surface area contributed by atoms with Crippen LogP contribution in [0.1, 0.15) is 48.0 Å². The molecular formula is C20H51NOSi4. The Labute approximate surface area is 170 Å². The van der Waals surface area contributed by atoms with Gasteiger partial charge in [-0.2, -0.15) is 0 Å². The minimum absolute atomic E-state index is 1.31. The van der Waals surface area contributed by atoms with Gasteiger partial charge in [0.2, 0.25) is 0 Å². The SMILES string of the molecule is CC[Si](CC)(CC)N(CCC[Si](C)(C)O[Si](C)(C)C)[Si](CC)(CC)CC. The molecule has 0 fully saturated rings. The second kappa shape index (κ2) is 11.1. The van der Waals surface area contributed by atoms with Crippen LogP contribution in [0.3, 0.4) is 0 Å². The fourth-order valence-corrected chi connectivity index (χ4v) is 26.6. The number of hydrogen-bond acceptors (Lipinski definition) is 2. The molecule has 6 heteroatoms. The molecule has 0 aromatic rings. The lowest BCUT2D eigenvalue weighted by molar-refractivity contribution is 0.522. The number of rotatable bonds is 14. The zero-order valence-corrected chi connectivity index (χ0v) is 24.2. The second-order valence-corrected chi connectivity index (χ2v) is 29.5. The molecule has 0 aliphatic carbocycles. The molecule has 0 aliphatic rings. The molecule has 0 saturated carbocycles. The molecule has 2 nitrogen and oxygen atoms in total. The van der Waals surface area contributed by atoms with Crippen molar-refractivity contribution in [2.24, 2.45) is 0 Å². The molecule has 0 heterocycles. The smallest absolute Gasteiger partial charge is 0.173 e. The van der Waals surface area contributed by atoms with Gasteiger partial charge in [0.05, 0.1) is 0 Å². The van der Waals surface area contributed by atoms with Crippen LogP contribution in [0.5, 0.6) is 0 Å². The maximum Gasteiger partial charge on any atom is 0.173 e. The molecule has 0 unspecified atom stereocenters. The molecule has 0 radical (unpaired) electrons. The van der Waals surface area contributed by atoms with Crippen molar-refractivity contribution in [3.8, 4) is 0 Å². The molecule has 0 rings (SSSR count). The quantitative estimate of drug-likeness (QED) is 0.260. The lowest BCUT2D eigenvalue weighted by atomic mass is 10.5. The van der Waals surface area contributed by atoms with Gasteiger partial charge < -0.3 is 8.35 Å². The van der Waals surface area contributed by atoms with Crippen LogP contribution in [-0.4, -0.2) is 43.9 Å².